The highest BCUT2D eigenvalue weighted by atomic mass is 32.2. The molecule has 17 heteroatoms. The molecule has 3 aromatic carbocycles. The van der Waals surface area contributed by atoms with Crippen molar-refractivity contribution < 1.29 is 53.8 Å². The van der Waals surface area contributed by atoms with Crippen LogP contribution in [0.2, 0.25) is 0 Å². The lowest BCUT2D eigenvalue weighted by Crippen LogP contribution is -2.33. The summed E-state index contributed by atoms with van der Waals surface area (Å²) in [5.41, 5.74) is 4.44. The Morgan fingerprint density at radius 2 is 1.62 bits per heavy atom. The lowest BCUT2D eigenvalue weighted by Gasteiger charge is -2.14. The zero-order valence-corrected chi connectivity index (χ0v) is 25.9. The van der Waals surface area contributed by atoms with E-state index in [1.807, 2.05) is 0 Å². The third-order valence-corrected chi connectivity index (χ3v) is 8.36. The highest BCUT2D eigenvalue weighted by molar-refractivity contribution is 7.90. The monoisotopic (exact) mass is 694 g/mol. The van der Waals surface area contributed by atoms with E-state index in [4.69, 9.17) is 10.2 Å². The van der Waals surface area contributed by atoms with Crippen molar-refractivity contribution in [3.05, 3.63) is 83.6 Å². The molecule has 5 rings (SSSR count). The van der Waals surface area contributed by atoms with Crippen molar-refractivity contribution in [3.63, 3.8) is 0 Å². The molecule has 48 heavy (non-hydrogen) atoms. The minimum atomic E-state index is -4.94. The zero-order chi connectivity index (χ0) is 35.3. The number of aliphatic hydroxyl groups excluding tert-OH is 1. The number of aliphatic hydroxyl groups is 1. The third kappa shape index (κ3) is 6.64. The number of nitrogens with two attached hydrogens (primary N) is 1. The van der Waals surface area contributed by atoms with Crippen molar-refractivity contribution >= 4 is 15.7 Å². The number of sulfone groups is 1. The van der Waals surface area contributed by atoms with Crippen LogP contribution in [0.15, 0.2) is 70.0 Å². The summed E-state index contributed by atoms with van der Waals surface area (Å²) in [7, 11) is -2.70. The Kier molecular flexibility index (Phi) is 8.64. The van der Waals surface area contributed by atoms with E-state index < -0.39 is 62.4 Å². The minimum Gasteiger partial charge on any atom is -0.440 e. The maximum Gasteiger partial charge on any atom is 0.573 e. The molecule has 5 aromatic rings. The Morgan fingerprint density at radius 1 is 0.979 bits per heavy atom. The normalized spacial score (nSPS) is 12.4. The maximum atomic E-state index is 15.1. The second-order valence-corrected chi connectivity index (χ2v) is 12.6. The SMILES string of the molecule is Cc1nc(-c2ccc(OC(F)(F)F)cc2)c(-c2cc(-c3cc(F)c(CO)c(S(C)(=O)=O)c3)ccc2-c2cc(C(F)(F)C(N)=O)nn2C)o1. The molecule has 10 nitrogen and oxygen atoms in total. The van der Waals surface area contributed by atoms with Crippen molar-refractivity contribution in [2.24, 2.45) is 12.8 Å². The Bertz CT molecular complexity index is 2160. The molecule has 0 saturated carbocycles. The molecule has 2 heterocycles. The molecule has 0 aliphatic heterocycles. The number of hydrogen-bond acceptors (Lipinski definition) is 8. The molecule has 3 N–H and O–H groups in total. The Morgan fingerprint density at radius 3 is 2.21 bits per heavy atom. The van der Waals surface area contributed by atoms with Gasteiger partial charge in [-0.05, 0) is 59.7 Å². The van der Waals surface area contributed by atoms with Crippen LogP contribution >= 0.6 is 0 Å². The van der Waals surface area contributed by atoms with Gasteiger partial charge in [0.1, 0.15) is 23.0 Å². The largest absolute Gasteiger partial charge is 0.573 e. The first-order valence-corrected chi connectivity index (χ1v) is 15.5. The number of hydrogen-bond donors (Lipinski definition) is 2. The number of alkyl halides is 5. The van der Waals surface area contributed by atoms with Gasteiger partial charge in [-0.1, -0.05) is 12.1 Å². The van der Waals surface area contributed by atoms with Crippen LogP contribution in [-0.4, -0.2) is 46.8 Å². The van der Waals surface area contributed by atoms with Crippen LogP contribution in [0, 0.1) is 12.7 Å². The molecule has 0 radical (unpaired) electrons. The number of benzene rings is 3. The van der Waals surface area contributed by atoms with Crippen LogP contribution in [0.25, 0.3) is 45.0 Å². The molecule has 0 fully saturated rings. The maximum absolute atomic E-state index is 15.1. The van der Waals surface area contributed by atoms with Gasteiger partial charge in [-0.3, -0.25) is 9.48 Å². The molecule has 252 valence electrons. The number of rotatable bonds is 9. The van der Waals surface area contributed by atoms with E-state index in [9.17, 15) is 40.3 Å². The van der Waals surface area contributed by atoms with Crippen molar-refractivity contribution in [2.75, 3.05) is 6.26 Å². The van der Waals surface area contributed by atoms with E-state index >= 15 is 4.39 Å². The average molecular weight is 695 g/mol. The summed E-state index contributed by atoms with van der Waals surface area (Å²) in [6.07, 6.45) is -4.10. The summed E-state index contributed by atoms with van der Waals surface area (Å²) in [5, 5.41) is 13.4. The number of nitrogens with zero attached hydrogens (tertiary/aromatic N) is 3. The number of oxazole rings is 1. The number of halogens is 6. The van der Waals surface area contributed by atoms with E-state index in [1.165, 1.54) is 44.3 Å². The fraction of sp³-hybridized carbons (Fsp3) is 0.194. The van der Waals surface area contributed by atoms with E-state index in [1.54, 1.807) is 0 Å². The molecule has 0 unspecified atom stereocenters. The molecular weight excluding hydrogens is 670 g/mol. The van der Waals surface area contributed by atoms with Crippen LogP contribution in [0.5, 0.6) is 5.75 Å². The average Bonchev–Trinajstić information content (AvgIpc) is 3.58. The molecular formula is C31H24F6N4O6S. The Labute approximate surface area is 268 Å². The number of aryl methyl sites for hydroxylation is 2. The Balaban J connectivity index is 1.77. The summed E-state index contributed by atoms with van der Waals surface area (Å²) < 4.78 is 118. The summed E-state index contributed by atoms with van der Waals surface area (Å²) in [5.74, 6) is -7.52. The highest BCUT2D eigenvalue weighted by Gasteiger charge is 2.42. The topological polar surface area (TPSA) is 151 Å². The van der Waals surface area contributed by atoms with Crippen molar-refractivity contribution in [1.82, 2.24) is 14.8 Å². The number of amides is 1. The van der Waals surface area contributed by atoms with E-state index in [0.29, 0.717) is 0 Å². The van der Waals surface area contributed by atoms with Gasteiger partial charge >= 0.3 is 12.3 Å². The highest BCUT2D eigenvalue weighted by Crippen LogP contribution is 2.42. The predicted molar refractivity (Wildman–Crippen MR) is 159 cm³/mol. The van der Waals surface area contributed by atoms with E-state index in [-0.39, 0.29) is 50.9 Å². The van der Waals surface area contributed by atoms with Gasteiger partial charge in [-0.15, -0.1) is 13.2 Å². The number of primary amides is 1. The van der Waals surface area contributed by atoms with Crippen LogP contribution in [0.4, 0.5) is 26.3 Å². The quantitative estimate of drug-likeness (QED) is 0.181. The number of carbonyl (C=O) groups excluding carboxylic acids is 1. The minimum absolute atomic E-state index is 0.00552. The summed E-state index contributed by atoms with van der Waals surface area (Å²) in [6.45, 7) is 0.583. The Hall–Kier alpha value is -5.16. The van der Waals surface area contributed by atoms with Gasteiger partial charge in [0.15, 0.2) is 21.5 Å². The number of ether oxygens (including phenoxy) is 1. The molecule has 2 aromatic heterocycles. The summed E-state index contributed by atoms with van der Waals surface area (Å²) >= 11 is 0. The second-order valence-electron chi connectivity index (χ2n) is 10.6. The first-order valence-electron chi connectivity index (χ1n) is 13.6. The van der Waals surface area contributed by atoms with Gasteiger partial charge in [0.05, 0.1) is 17.2 Å². The number of carbonyl (C=O) groups is 1. The van der Waals surface area contributed by atoms with Crippen LogP contribution in [-0.2, 0) is 34.2 Å². The van der Waals surface area contributed by atoms with Gasteiger partial charge in [-0.25, -0.2) is 17.8 Å². The van der Waals surface area contributed by atoms with Gasteiger partial charge in [-0.2, -0.15) is 13.9 Å². The van der Waals surface area contributed by atoms with Crippen LogP contribution in [0.3, 0.4) is 0 Å². The molecule has 0 saturated heterocycles. The van der Waals surface area contributed by atoms with Gasteiger partial charge < -0.3 is 20.0 Å². The predicted octanol–water partition coefficient (Wildman–Crippen LogP) is 5.90. The van der Waals surface area contributed by atoms with E-state index in [2.05, 4.69) is 14.8 Å². The third-order valence-electron chi connectivity index (χ3n) is 7.19. The fourth-order valence-electron chi connectivity index (χ4n) is 5.02. The van der Waals surface area contributed by atoms with Crippen LogP contribution in [0.1, 0.15) is 17.1 Å². The zero-order valence-electron chi connectivity index (χ0n) is 25.1. The first-order chi connectivity index (χ1) is 22.3. The molecule has 0 aliphatic rings. The first kappa shape index (κ1) is 34.2. The molecule has 1 amide bonds. The smallest absolute Gasteiger partial charge is 0.440 e. The lowest BCUT2D eigenvalue weighted by molar-refractivity contribution is -0.274. The standard InChI is InChI=1S/C31H24F6N4O6S/c1-15-39-27(16-4-7-19(8-5-16)47-31(35,36)37)28(46-15)21-10-17(18-11-23(32)22(14-42)25(12-18)48(3,44)45)6-9-20(21)24-13-26(40-41(24)2)30(33,34)29(38)43/h4-13,42H,14H2,1-3H3,(H2,38,43). The molecule has 0 spiro atoms. The summed E-state index contributed by atoms with van der Waals surface area (Å²) in [4.78, 5) is 15.4. The van der Waals surface area contributed by atoms with Crippen molar-refractivity contribution in [1.29, 1.82) is 0 Å². The fourth-order valence-corrected chi connectivity index (χ4v) is 5.97. The van der Waals surface area contributed by atoms with Gasteiger partial charge in [0.25, 0.3) is 5.91 Å². The molecule has 0 bridgehead atoms. The lowest BCUT2D eigenvalue weighted by atomic mass is 9.93. The van der Waals surface area contributed by atoms with Crippen LogP contribution < -0.4 is 10.5 Å². The summed E-state index contributed by atoms with van der Waals surface area (Å²) in [6, 6.07) is 12.0. The molecule has 0 atom stereocenters. The van der Waals surface area contributed by atoms with Crippen molar-refractivity contribution in [3.8, 4) is 50.7 Å². The number of aromatic nitrogens is 3. The van der Waals surface area contributed by atoms with Gasteiger partial charge in [0, 0.05) is 42.5 Å². The van der Waals surface area contributed by atoms with E-state index in [0.717, 1.165) is 41.3 Å². The second kappa shape index (κ2) is 12.1. The molecule has 0 aliphatic carbocycles. The van der Waals surface area contributed by atoms with Crippen molar-refractivity contribution in [2.45, 2.75) is 30.7 Å². The van der Waals surface area contributed by atoms with Gasteiger partial charge in [0.2, 0.25) is 0 Å².